The van der Waals surface area contributed by atoms with Crippen molar-refractivity contribution >= 4 is 56.7 Å². The molecule has 2 aromatic carbocycles. The number of nitrogens with one attached hydrogen (secondary N) is 1. The Kier molecular flexibility index (Phi) is 6.87. The van der Waals surface area contributed by atoms with Crippen molar-refractivity contribution < 1.29 is 14.7 Å². The molecular weight excluding hydrogens is 429 g/mol. The van der Waals surface area contributed by atoms with Crippen LogP contribution in [0.4, 0.5) is 5.69 Å². The van der Waals surface area contributed by atoms with Crippen LogP contribution in [0.3, 0.4) is 0 Å². The van der Waals surface area contributed by atoms with Crippen molar-refractivity contribution in [3.63, 3.8) is 0 Å². The number of hydrogen-bond acceptors (Lipinski definition) is 2. The van der Waals surface area contributed by atoms with E-state index < -0.39 is 11.9 Å². The lowest BCUT2D eigenvalue weighted by Gasteiger charge is -2.17. The summed E-state index contributed by atoms with van der Waals surface area (Å²) in [5.41, 5.74) is 2.18. The molecule has 0 aliphatic heterocycles. The summed E-state index contributed by atoms with van der Waals surface area (Å²) < 4.78 is 0.916. The quantitative estimate of drug-likeness (QED) is 0.604. The van der Waals surface area contributed by atoms with Crippen LogP contribution in [0, 0.1) is 6.92 Å². The fourth-order valence-electron chi connectivity index (χ4n) is 2.53. The normalized spacial score (nSPS) is 11.8. The van der Waals surface area contributed by atoms with Crippen molar-refractivity contribution in [1.29, 1.82) is 0 Å². The number of carboxylic acid groups (broad SMARTS) is 1. The highest BCUT2D eigenvalue weighted by Crippen LogP contribution is 2.32. The van der Waals surface area contributed by atoms with E-state index in [-0.39, 0.29) is 18.7 Å². The zero-order valence-corrected chi connectivity index (χ0v) is 16.5. The minimum absolute atomic E-state index is 0.00313. The Morgan fingerprint density at radius 3 is 2.48 bits per heavy atom. The summed E-state index contributed by atoms with van der Waals surface area (Å²) in [7, 11) is 0. The number of halogens is 3. The molecule has 2 rings (SSSR count). The number of carboxylic acids is 1. The first-order chi connectivity index (χ1) is 11.8. The molecule has 0 saturated heterocycles. The Morgan fingerprint density at radius 2 is 1.88 bits per heavy atom. The van der Waals surface area contributed by atoms with Gasteiger partial charge in [-0.15, -0.1) is 0 Å². The third kappa shape index (κ3) is 5.73. The highest BCUT2D eigenvalue weighted by molar-refractivity contribution is 9.10. The monoisotopic (exact) mass is 443 g/mol. The Balaban J connectivity index is 2.18. The molecular formula is C18H16BrCl2NO3. The smallest absolute Gasteiger partial charge is 0.303 e. The van der Waals surface area contributed by atoms with Gasteiger partial charge in [0, 0.05) is 32.5 Å². The van der Waals surface area contributed by atoms with E-state index in [0.717, 1.165) is 10.0 Å². The summed E-state index contributed by atoms with van der Waals surface area (Å²) in [4.78, 5) is 23.6. The average Bonchev–Trinajstić information content (AvgIpc) is 2.49. The molecule has 0 bridgehead atoms. The van der Waals surface area contributed by atoms with Crippen LogP contribution in [-0.4, -0.2) is 17.0 Å². The van der Waals surface area contributed by atoms with Crippen LogP contribution >= 0.6 is 39.1 Å². The molecule has 0 spiro atoms. The van der Waals surface area contributed by atoms with Gasteiger partial charge in [-0.25, -0.2) is 0 Å². The number of rotatable bonds is 6. The second kappa shape index (κ2) is 8.70. The lowest BCUT2D eigenvalue weighted by molar-refractivity contribution is -0.137. The summed E-state index contributed by atoms with van der Waals surface area (Å²) in [6, 6.07) is 10.3. The lowest BCUT2D eigenvalue weighted by atomic mass is 9.92. The van der Waals surface area contributed by atoms with Gasteiger partial charge in [-0.1, -0.05) is 45.2 Å². The van der Waals surface area contributed by atoms with E-state index >= 15 is 0 Å². The van der Waals surface area contributed by atoms with Crippen molar-refractivity contribution in [2.24, 2.45) is 0 Å². The minimum Gasteiger partial charge on any atom is -0.481 e. The maximum Gasteiger partial charge on any atom is 0.303 e. The van der Waals surface area contributed by atoms with E-state index in [1.165, 1.54) is 0 Å². The number of carbonyl (C=O) groups is 2. The van der Waals surface area contributed by atoms with Crippen LogP contribution in [0.1, 0.15) is 29.9 Å². The molecule has 7 heteroatoms. The largest absolute Gasteiger partial charge is 0.481 e. The molecule has 1 amide bonds. The Labute approximate surface area is 164 Å². The minimum atomic E-state index is -0.997. The molecule has 25 heavy (non-hydrogen) atoms. The van der Waals surface area contributed by atoms with Gasteiger partial charge in [0.15, 0.2) is 0 Å². The Bertz CT molecular complexity index is 811. The van der Waals surface area contributed by atoms with E-state index in [4.69, 9.17) is 28.3 Å². The first-order valence-electron chi connectivity index (χ1n) is 7.49. The molecule has 0 fully saturated rings. The van der Waals surface area contributed by atoms with E-state index in [1.54, 1.807) is 24.3 Å². The predicted octanol–water partition coefficient (Wildman–Crippen LogP) is 5.65. The van der Waals surface area contributed by atoms with Crippen LogP contribution in [0.25, 0.3) is 0 Å². The fourth-order valence-corrected chi connectivity index (χ4v) is 3.57. The summed E-state index contributed by atoms with van der Waals surface area (Å²) in [5, 5.41) is 12.8. The van der Waals surface area contributed by atoms with Crippen LogP contribution < -0.4 is 5.32 Å². The molecule has 0 heterocycles. The number of benzene rings is 2. The molecule has 2 N–H and O–H groups in total. The molecule has 4 nitrogen and oxygen atoms in total. The van der Waals surface area contributed by atoms with Gasteiger partial charge in [0.2, 0.25) is 5.91 Å². The van der Waals surface area contributed by atoms with Gasteiger partial charge in [-0.3, -0.25) is 9.59 Å². The van der Waals surface area contributed by atoms with Gasteiger partial charge < -0.3 is 10.4 Å². The topological polar surface area (TPSA) is 66.4 Å². The van der Waals surface area contributed by atoms with E-state index in [2.05, 4.69) is 21.2 Å². The average molecular weight is 445 g/mol. The summed E-state index contributed by atoms with van der Waals surface area (Å²) in [6.45, 7) is 1.88. The van der Waals surface area contributed by atoms with Crippen molar-refractivity contribution in [2.45, 2.75) is 25.7 Å². The fraction of sp³-hybridized carbons (Fsp3) is 0.222. The predicted molar refractivity (Wildman–Crippen MR) is 104 cm³/mol. The third-order valence-electron chi connectivity index (χ3n) is 3.72. The Morgan fingerprint density at radius 1 is 1.16 bits per heavy atom. The molecule has 0 aliphatic rings. The first kappa shape index (κ1) is 19.8. The maximum atomic E-state index is 12.4. The van der Waals surface area contributed by atoms with Crippen LogP contribution in [-0.2, 0) is 9.59 Å². The van der Waals surface area contributed by atoms with Gasteiger partial charge in [-0.05, 0) is 48.4 Å². The van der Waals surface area contributed by atoms with E-state index in [9.17, 15) is 9.59 Å². The second-order valence-electron chi connectivity index (χ2n) is 5.67. The summed E-state index contributed by atoms with van der Waals surface area (Å²) >= 11 is 15.4. The number of hydrogen-bond donors (Lipinski definition) is 2. The first-order valence-corrected chi connectivity index (χ1v) is 9.04. The number of aliphatic carboxylic acids is 1. The van der Waals surface area contributed by atoms with Crippen LogP contribution in [0.2, 0.25) is 10.0 Å². The maximum absolute atomic E-state index is 12.4. The molecule has 0 saturated carbocycles. The van der Waals surface area contributed by atoms with Crippen LogP contribution in [0.5, 0.6) is 0 Å². The highest BCUT2D eigenvalue weighted by Gasteiger charge is 2.22. The SMILES string of the molecule is Cc1cc(Br)ccc1NC(=O)CC(CC(=O)O)c1ccc(Cl)cc1Cl. The van der Waals surface area contributed by atoms with Crippen molar-refractivity contribution in [1.82, 2.24) is 0 Å². The van der Waals surface area contributed by atoms with Crippen molar-refractivity contribution in [3.05, 3.63) is 62.0 Å². The Hall–Kier alpha value is -1.56. The van der Waals surface area contributed by atoms with Gasteiger partial charge in [0.25, 0.3) is 0 Å². The van der Waals surface area contributed by atoms with Crippen molar-refractivity contribution in [2.75, 3.05) is 5.32 Å². The highest BCUT2D eigenvalue weighted by atomic mass is 79.9. The van der Waals surface area contributed by atoms with E-state index in [1.807, 2.05) is 19.1 Å². The van der Waals surface area contributed by atoms with Gasteiger partial charge >= 0.3 is 5.97 Å². The molecule has 2 aromatic rings. The second-order valence-corrected chi connectivity index (χ2v) is 7.43. The summed E-state index contributed by atoms with van der Waals surface area (Å²) in [6.07, 6.45) is -0.197. The zero-order valence-electron chi connectivity index (χ0n) is 13.4. The van der Waals surface area contributed by atoms with Gasteiger partial charge in [0.1, 0.15) is 0 Å². The lowest BCUT2D eigenvalue weighted by Crippen LogP contribution is -2.18. The third-order valence-corrected chi connectivity index (χ3v) is 4.77. The number of aryl methyl sites for hydroxylation is 1. The van der Waals surface area contributed by atoms with Gasteiger partial charge in [-0.2, -0.15) is 0 Å². The molecule has 1 unspecified atom stereocenters. The number of anilines is 1. The summed E-state index contributed by atoms with van der Waals surface area (Å²) in [5.74, 6) is -1.82. The molecule has 0 aromatic heterocycles. The van der Waals surface area contributed by atoms with Gasteiger partial charge in [0.05, 0.1) is 6.42 Å². The molecule has 132 valence electrons. The van der Waals surface area contributed by atoms with E-state index in [0.29, 0.717) is 21.3 Å². The number of carbonyl (C=O) groups excluding carboxylic acids is 1. The molecule has 1 atom stereocenters. The standard InChI is InChI=1S/C18H16BrCl2NO3/c1-10-6-12(19)2-5-16(10)22-17(23)7-11(8-18(24)25)14-4-3-13(20)9-15(14)21/h2-6,9,11H,7-8H2,1H3,(H,22,23)(H,24,25). The molecule has 0 radical (unpaired) electrons. The van der Waals surface area contributed by atoms with Crippen molar-refractivity contribution in [3.8, 4) is 0 Å². The van der Waals surface area contributed by atoms with Crippen LogP contribution in [0.15, 0.2) is 40.9 Å². The zero-order chi connectivity index (χ0) is 18.6. The number of amides is 1. The molecule has 0 aliphatic carbocycles.